The van der Waals surface area contributed by atoms with E-state index in [1.165, 1.54) is 16.8 Å². The van der Waals surface area contributed by atoms with E-state index in [-0.39, 0.29) is 11.7 Å². The fourth-order valence-electron chi connectivity index (χ4n) is 2.29. The van der Waals surface area contributed by atoms with Gasteiger partial charge in [-0.1, -0.05) is 24.3 Å². The molecule has 108 valence electrons. The second-order valence-corrected chi connectivity index (χ2v) is 6.22. The minimum atomic E-state index is -0.564. The molecule has 1 unspecified atom stereocenters. The molecule has 1 N–H and O–H groups in total. The van der Waals surface area contributed by atoms with Gasteiger partial charge in [-0.15, -0.1) is 11.3 Å². The molecule has 0 aliphatic rings. The predicted molar refractivity (Wildman–Crippen MR) is 85.0 cm³/mol. The molecule has 0 saturated carbocycles. The Balaban J connectivity index is 1.93. The van der Waals surface area contributed by atoms with Crippen LogP contribution in [0.2, 0.25) is 0 Å². The molecule has 1 nitrogen and oxygen atoms in total. The van der Waals surface area contributed by atoms with E-state index in [1.54, 1.807) is 18.3 Å². The first kappa shape index (κ1) is 14.0. The summed E-state index contributed by atoms with van der Waals surface area (Å²) in [5.74, 6) is -1.09. The molecule has 1 aromatic heterocycles. The van der Waals surface area contributed by atoms with Gasteiger partial charge in [0.1, 0.15) is 11.5 Å². The largest absolute Gasteiger partial charge is 0.373 e. The van der Waals surface area contributed by atoms with E-state index in [0.29, 0.717) is 5.56 Å². The first-order valence-electron chi connectivity index (χ1n) is 6.76. The van der Waals surface area contributed by atoms with Crippen molar-refractivity contribution in [1.29, 1.82) is 0 Å². The highest BCUT2D eigenvalue weighted by atomic mass is 32.1. The highest BCUT2D eigenvalue weighted by Crippen LogP contribution is 2.33. The zero-order valence-corrected chi connectivity index (χ0v) is 12.6. The van der Waals surface area contributed by atoms with Crippen molar-refractivity contribution in [2.24, 2.45) is 0 Å². The lowest BCUT2D eigenvalue weighted by Gasteiger charge is -2.16. The summed E-state index contributed by atoms with van der Waals surface area (Å²) in [5, 5.41) is 4.11. The van der Waals surface area contributed by atoms with E-state index >= 15 is 0 Å². The third-order valence-electron chi connectivity index (χ3n) is 3.52. The Morgan fingerprint density at radius 1 is 1.10 bits per heavy atom. The molecule has 0 bridgehead atoms. The molecule has 0 aliphatic carbocycles. The number of hydrogen-bond acceptors (Lipinski definition) is 2. The highest BCUT2D eigenvalue weighted by molar-refractivity contribution is 7.19. The summed E-state index contributed by atoms with van der Waals surface area (Å²) in [6.07, 6.45) is 0. The molecule has 2 aromatic carbocycles. The number of anilines is 1. The third-order valence-corrected chi connectivity index (χ3v) is 4.82. The van der Waals surface area contributed by atoms with Crippen LogP contribution in [0.5, 0.6) is 0 Å². The van der Waals surface area contributed by atoms with Crippen LogP contribution in [0.25, 0.3) is 10.1 Å². The normalized spacial score (nSPS) is 12.6. The second kappa shape index (κ2) is 5.45. The first-order valence-corrected chi connectivity index (χ1v) is 7.57. The number of halogens is 2. The molecule has 21 heavy (non-hydrogen) atoms. The lowest BCUT2D eigenvalue weighted by atomic mass is 10.1. The Kier molecular flexibility index (Phi) is 3.64. The van der Waals surface area contributed by atoms with Crippen LogP contribution in [-0.4, -0.2) is 0 Å². The first-order chi connectivity index (χ1) is 10.1. The van der Waals surface area contributed by atoms with Crippen molar-refractivity contribution in [3.8, 4) is 0 Å². The Hall–Kier alpha value is -1.94. The lowest BCUT2D eigenvalue weighted by Crippen LogP contribution is -2.09. The van der Waals surface area contributed by atoms with Gasteiger partial charge >= 0.3 is 0 Å². The van der Waals surface area contributed by atoms with Crippen molar-refractivity contribution < 1.29 is 8.78 Å². The van der Waals surface area contributed by atoms with Crippen molar-refractivity contribution >= 4 is 27.1 Å². The van der Waals surface area contributed by atoms with Crippen LogP contribution in [0.1, 0.15) is 23.4 Å². The smallest absolute Gasteiger partial charge is 0.152 e. The number of aryl methyl sites for hydroxylation is 1. The molecule has 3 aromatic rings. The van der Waals surface area contributed by atoms with E-state index in [2.05, 4.69) is 11.4 Å². The Bertz CT molecular complexity index is 762. The maximum absolute atomic E-state index is 14.0. The summed E-state index contributed by atoms with van der Waals surface area (Å²) in [5.41, 5.74) is 0.377. The maximum Gasteiger partial charge on any atom is 0.152 e. The van der Waals surface area contributed by atoms with Gasteiger partial charge in [-0.25, -0.2) is 8.78 Å². The van der Waals surface area contributed by atoms with Crippen molar-refractivity contribution in [3.63, 3.8) is 0 Å². The van der Waals surface area contributed by atoms with Gasteiger partial charge in [0.25, 0.3) is 0 Å². The summed E-state index contributed by atoms with van der Waals surface area (Å²) >= 11 is 1.63. The van der Waals surface area contributed by atoms with E-state index in [0.717, 1.165) is 10.3 Å². The summed E-state index contributed by atoms with van der Waals surface area (Å²) in [6.45, 7) is 3.54. The molecule has 0 spiro atoms. The minimum absolute atomic E-state index is 0.0556. The van der Waals surface area contributed by atoms with E-state index in [1.807, 2.05) is 31.2 Å². The topological polar surface area (TPSA) is 12.0 Å². The predicted octanol–water partition coefficient (Wildman–Crippen LogP) is 5.66. The summed E-state index contributed by atoms with van der Waals surface area (Å²) in [4.78, 5) is 1.05. The molecule has 1 heterocycles. The monoisotopic (exact) mass is 303 g/mol. The van der Waals surface area contributed by atoms with Crippen molar-refractivity contribution in [1.82, 2.24) is 0 Å². The average Bonchev–Trinajstić information content (AvgIpc) is 2.91. The standard InChI is InChI=1S/C17H15F2NS/c1-10-7-8-13(18)17(16(10)19)20-11(2)15-9-12-5-3-4-6-14(12)21-15/h3-9,11,20H,1-2H3. The van der Waals surface area contributed by atoms with Gasteiger partial charge in [0, 0.05) is 9.58 Å². The third kappa shape index (κ3) is 2.63. The van der Waals surface area contributed by atoms with Crippen LogP contribution in [0.3, 0.4) is 0 Å². The van der Waals surface area contributed by atoms with Gasteiger partial charge in [-0.3, -0.25) is 0 Å². The fraction of sp³-hybridized carbons (Fsp3) is 0.176. The van der Waals surface area contributed by atoms with Crippen LogP contribution < -0.4 is 5.32 Å². The number of rotatable bonds is 3. The molecule has 0 saturated heterocycles. The number of hydrogen-bond donors (Lipinski definition) is 1. The number of thiophene rings is 1. The molecule has 1 atom stereocenters. The van der Waals surface area contributed by atoms with Gasteiger partial charge in [0.15, 0.2) is 5.82 Å². The summed E-state index contributed by atoms with van der Waals surface area (Å²) in [6, 6.07) is 12.7. The van der Waals surface area contributed by atoms with Gasteiger partial charge in [0.2, 0.25) is 0 Å². The average molecular weight is 303 g/mol. The van der Waals surface area contributed by atoms with E-state index in [4.69, 9.17) is 0 Å². The van der Waals surface area contributed by atoms with Gasteiger partial charge in [0.05, 0.1) is 6.04 Å². The van der Waals surface area contributed by atoms with Crippen molar-refractivity contribution in [3.05, 3.63) is 64.5 Å². The van der Waals surface area contributed by atoms with E-state index < -0.39 is 11.6 Å². The number of fused-ring (bicyclic) bond motifs is 1. The van der Waals surface area contributed by atoms with Crippen LogP contribution in [-0.2, 0) is 0 Å². The molecule has 4 heteroatoms. The SMILES string of the molecule is Cc1ccc(F)c(NC(C)c2cc3ccccc3s2)c1F. The zero-order valence-electron chi connectivity index (χ0n) is 11.8. The maximum atomic E-state index is 14.0. The minimum Gasteiger partial charge on any atom is -0.373 e. The van der Waals surface area contributed by atoms with Crippen LogP contribution >= 0.6 is 11.3 Å². The second-order valence-electron chi connectivity index (χ2n) is 5.11. The zero-order chi connectivity index (χ0) is 15.0. The van der Waals surface area contributed by atoms with Gasteiger partial charge < -0.3 is 5.32 Å². The van der Waals surface area contributed by atoms with Crippen molar-refractivity contribution in [2.45, 2.75) is 19.9 Å². The van der Waals surface area contributed by atoms with Gasteiger partial charge in [-0.2, -0.15) is 0 Å². The van der Waals surface area contributed by atoms with Crippen LogP contribution in [0, 0.1) is 18.6 Å². The summed E-state index contributed by atoms with van der Waals surface area (Å²) in [7, 11) is 0. The van der Waals surface area contributed by atoms with Crippen LogP contribution in [0.15, 0.2) is 42.5 Å². The molecule has 3 rings (SSSR count). The molecule has 0 aliphatic heterocycles. The van der Waals surface area contributed by atoms with E-state index in [9.17, 15) is 8.78 Å². The van der Waals surface area contributed by atoms with Crippen LogP contribution in [0.4, 0.5) is 14.5 Å². The molecular weight excluding hydrogens is 288 g/mol. The van der Waals surface area contributed by atoms with Crippen molar-refractivity contribution in [2.75, 3.05) is 5.32 Å². The molecular formula is C17H15F2NS. The lowest BCUT2D eigenvalue weighted by molar-refractivity contribution is 0.579. The summed E-state index contributed by atoms with van der Waals surface area (Å²) < 4.78 is 29.0. The Morgan fingerprint density at radius 3 is 2.62 bits per heavy atom. The molecule has 0 radical (unpaired) electrons. The Labute approximate surface area is 126 Å². The molecule has 0 fully saturated rings. The Morgan fingerprint density at radius 2 is 1.86 bits per heavy atom. The highest BCUT2D eigenvalue weighted by Gasteiger charge is 2.16. The quantitative estimate of drug-likeness (QED) is 0.658. The number of nitrogens with one attached hydrogen (secondary N) is 1. The van der Waals surface area contributed by atoms with Gasteiger partial charge in [-0.05, 0) is 43.0 Å². The molecule has 0 amide bonds. The fourth-order valence-corrected chi connectivity index (χ4v) is 3.36. The number of benzene rings is 2.